The van der Waals surface area contributed by atoms with Crippen LogP contribution in [0.5, 0.6) is 0 Å². The van der Waals surface area contributed by atoms with E-state index >= 15 is 0 Å². The third-order valence-corrected chi connectivity index (χ3v) is 7.84. The molecule has 5 nitrogen and oxygen atoms in total. The summed E-state index contributed by atoms with van der Waals surface area (Å²) in [6, 6.07) is 15.5. The van der Waals surface area contributed by atoms with Crippen molar-refractivity contribution in [2.45, 2.75) is 22.6 Å². The first-order valence-electron chi connectivity index (χ1n) is 9.03. The molecule has 5 rings (SSSR count). The van der Waals surface area contributed by atoms with Crippen molar-refractivity contribution in [3.63, 3.8) is 0 Å². The first-order valence-corrected chi connectivity index (χ1v) is 10.6. The van der Waals surface area contributed by atoms with Gasteiger partial charge in [0, 0.05) is 44.1 Å². The number of likely N-dealkylation sites (tertiary alicyclic amines) is 1. The van der Waals surface area contributed by atoms with Gasteiger partial charge in [0.05, 0.1) is 15.8 Å². The van der Waals surface area contributed by atoms with Gasteiger partial charge in [-0.3, -0.25) is 14.9 Å². The molecule has 2 aliphatic heterocycles. The lowest BCUT2D eigenvalue weighted by atomic mass is 9.95. The highest BCUT2D eigenvalue weighted by atomic mass is 32.2. The largest absolute Gasteiger partial charge is 0.296 e. The fourth-order valence-electron chi connectivity index (χ4n) is 4.30. The molecule has 0 unspecified atom stereocenters. The summed E-state index contributed by atoms with van der Waals surface area (Å²) < 4.78 is 26.1. The molecule has 136 valence electrons. The lowest BCUT2D eigenvalue weighted by molar-refractivity contribution is 0.321. The van der Waals surface area contributed by atoms with Crippen LogP contribution in [0.4, 0.5) is 0 Å². The van der Waals surface area contributed by atoms with E-state index in [0.29, 0.717) is 18.0 Å². The SMILES string of the molecule is O=S1(=O)c2ccc(-c3ccncc3)cc2[C@H]2CN(Cc3ccccn3)C[C@H]21. The Hall–Kier alpha value is -2.57. The molecule has 4 heterocycles. The standard InChI is InChI=1S/C21H19N3O2S/c25-27(26)20-5-4-16(15-6-9-22-10-7-15)11-18(20)19-13-24(14-21(19)27)12-17-3-1-2-8-23-17/h1-11,19,21H,12-14H2/t19-,21-/m1/s1. The number of benzene rings is 1. The fourth-order valence-corrected chi connectivity index (χ4v) is 6.49. The highest BCUT2D eigenvalue weighted by Gasteiger charge is 2.50. The van der Waals surface area contributed by atoms with E-state index in [-0.39, 0.29) is 11.2 Å². The summed E-state index contributed by atoms with van der Waals surface area (Å²) in [6.07, 6.45) is 5.29. The molecule has 0 spiro atoms. The maximum Gasteiger partial charge on any atom is 0.183 e. The second-order valence-corrected chi connectivity index (χ2v) is 9.33. The highest BCUT2D eigenvalue weighted by molar-refractivity contribution is 7.92. The van der Waals surface area contributed by atoms with E-state index in [1.807, 2.05) is 36.4 Å². The van der Waals surface area contributed by atoms with Crippen LogP contribution >= 0.6 is 0 Å². The average molecular weight is 377 g/mol. The zero-order valence-corrected chi connectivity index (χ0v) is 15.5. The molecule has 2 aliphatic rings. The van der Waals surface area contributed by atoms with Crippen molar-refractivity contribution in [3.8, 4) is 11.1 Å². The number of hydrogen-bond donors (Lipinski definition) is 0. The van der Waals surface area contributed by atoms with Gasteiger partial charge in [0.1, 0.15) is 0 Å². The molecule has 0 N–H and O–H groups in total. The molecule has 1 saturated heterocycles. The van der Waals surface area contributed by atoms with E-state index in [0.717, 1.165) is 28.9 Å². The average Bonchev–Trinajstić information content (AvgIpc) is 3.21. The smallest absolute Gasteiger partial charge is 0.183 e. The maximum atomic E-state index is 13.1. The molecule has 0 radical (unpaired) electrons. The predicted molar refractivity (Wildman–Crippen MR) is 103 cm³/mol. The summed E-state index contributed by atoms with van der Waals surface area (Å²) in [4.78, 5) is 11.1. The topological polar surface area (TPSA) is 63.2 Å². The Balaban J connectivity index is 1.49. The number of hydrogen-bond acceptors (Lipinski definition) is 5. The van der Waals surface area contributed by atoms with Crippen molar-refractivity contribution < 1.29 is 8.42 Å². The predicted octanol–water partition coefficient (Wildman–Crippen LogP) is 2.90. The van der Waals surface area contributed by atoms with Crippen molar-refractivity contribution in [2.24, 2.45) is 0 Å². The van der Waals surface area contributed by atoms with Crippen LogP contribution in [0, 0.1) is 0 Å². The number of rotatable bonds is 3. The molecule has 0 saturated carbocycles. The Morgan fingerprint density at radius 1 is 0.963 bits per heavy atom. The number of sulfone groups is 1. The monoisotopic (exact) mass is 377 g/mol. The molecule has 0 amide bonds. The maximum absolute atomic E-state index is 13.1. The summed E-state index contributed by atoms with van der Waals surface area (Å²) in [7, 11) is -3.28. The first-order chi connectivity index (χ1) is 13.1. The van der Waals surface area contributed by atoms with Crippen LogP contribution in [-0.4, -0.2) is 41.6 Å². The van der Waals surface area contributed by atoms with Crippen LogP contribution in [0.15, 0.2) is 72.0 Å². The summed E-state index contributed by atoms with van der Waals surface area (Å²) in [5.41, 5.74) is 4.02. The Morgan fingerprint density at radius 2 is 1.81 bits per heavy atom. The molecular weight excluding hydrogens is 358 g/mol. The molecule has 0 bridgehead atoms. The second-order valence-electron chi connectivity index (χ2n) is 7.19. The van der Waals surface area contributed by atoms with Crippen LogP contribution in [0.1, 0.15) is 17.2 Å². The van der Waals surface area contributed by atoms with Gasteiger partial charge in [-0.2, -0.15) is 0 Å². The number of nitrogens with zero attached hydrogens (tertiary/aromatic N) is 3. The van der Waals surface area contributed by atoms with Gasteiger partial charge in [0.25, 0.3) is 0 Å². The van der Waals surface area contributed by atoms with E-state index in [9.17, 15) is 8.42 Å². The number of pyridine rings is 2. The molecule has 2 atom stereocenters. The van der Waals surface area contributed by atoms with Crippen molar-refractivity contribution >= 4 is 9.84 Å². The minimum atomic E-state index is -3.28. The van der Waals surface area contributed by atoms with Gasteiger partial charge in [-0.05, 0) is 53.1 Å². The van der Waals surface area contributed by atoms with E-state index < -0.39 is 9.84 Å². The Bertz CT molecular complexity index is 1080. The molecule has 1 fully saturated rings. The minimum Gasteiger partial charge on any atom is -0.296 e. The van der Waals surface area contributed by atoms with Gasteiger partial charge in [-0.25, -0.2) is 8.42 Å². The van der Waals surface area contributed by atoms with Crippen molar-refractivity contribution in [1.29, 1.82) is 0 Å². The molecule has 27 heavy (non-hydrogen) atoms. The summed E-state index contributed by atoms with van der Waals surface area (Å²) >= 11 is 0. The second kappa shape index (κ2) is 6.25. The number of aromatic nitrogens is 2. The van der Waals surface area contributed by atoms with Crippen molar-refractivity contribution in [2.75, 3.05) is 13.1 Å². The van der Waals surface area contributed by atoms with Gasteiger partial charge in [-0.1, -0.05) is 12.1 Å². The minimum absolute atomic E-state index is 0.0236. The van der Waals surface area contributed by atoms with E-state index in [4.69, 9.17) is 0 Å². The zero-order valence-electron chi connectivity index (χ0n) is 14.7. The molecule has 1 aromatic carbocycles. The molecule has 0 aliphatic carbocycles. The Kier molecular flexibility index (Phi) is 3.84. The van der Waals surface area contributed by atoms with Gasteiger partial charge in [0.15, 0.2) is 9.84 Å². The molecule has 6 heteroatoms. The summed E-state index contributed by atoms with van der Waals surface area (Å²) in [5.74, 6) is 0.0236. The highest BCUT2D eigenvalue weighted by Crippen LogP contribution is 2.46. The van der Waals surface area contributed by atoms with Gasteiger partial charge in [-0.15, -0.1) is 0 Å². The van der Waals surface area contributed by atoms with Crippen LogP contribution in [0.25, 0.3) is 11.1 Å². The lowest BCUT2D eigenvalue weighted by Crippen LogP contribution is -2.26. The summed E-state index contributed by atoms with van der Waals surface area (Å²) in [6.45, 7) is 1.98. The van der Waals surface area contributed by atoms with E-state index in [1.54, 1.807) is 24.7 Å². The molecule has 3 aromatic rings. The first kappa shape index (κ1) is 16.6. The van der Waals surface area contributed by atoms with Crippen molar-refractivity contribution in [3.05, 3.63) is 78.4 Å². The summed E-state index contributed by atoms with van der Waals surface area (Å²) in [5, 5.41) is -0.357. The zero-order chi connectivity index (χ0) is 18.4. The molecular formula is C21H19N3O2S. The van der Waals surface area contributed by atoms with Crippen LogP contribution in [0.2, 0.25) is 0 Å². The quantitative estimate of drug-likeness (QED) is 0.702. The van der Waals surface area contributed by atoms with Crippen LogP contribution < -0.4 is 0 Å². The molecule has 2 aromatic heterocycles. The normalized spacial score (nSPS) is 23.1. The fraction of sp³-hybridized carbons (Fsp3) is 0.238. The van der Waals surface area contributed by atoms with Crippen LogP contribution in [0.3, 0.4) is 0 Å². The Labute approximate surface area is 158 Å². The third kappa shape index (κ3) is 2.76. The van der Waals surface area contributed by atoms with Gasteiger partial charge >= 0.3 is 0 Å². The van der Waals surface area contributed by atoms with Crippen molar-refractivity contribution in [1.82, 2.24) is 14.9 Å². The third-order valence-electron chi connectivity index (χ3n) is 5.58. The number of fused-ring (bicyclic) bond motifs is 3. The van der Waals surface area contributed by atoms with Gasteiger partial charge in [0.2, 0.25) is 0 Å². The van der Waals surface area contributed by atoms with Crippen LogP contribution in [-0.2, 0) is 16.4 Å². The Morgan fingerprint density at radius 3 is 2.59 bits per heavy atom. The lowest BCUT2D eigenvalue weighted by Gasteiger charge is -2.17. The van der Waals surface area contributed by atoms with E-state index in [2.05, 4.69) is 20.9 Å². The van der Waals surface area contributed by atoms with E-state index in [1.165, 1.54) is 0 Å². The van der Waals surface area contributed by atoms with Gasteiger partial charge < -0.3 is 0 Å².